The summed E-state index contributed by atoms with van der Waals surface area (Å²) < 4.78 is 0. The zero-order valence-electron chi connectivity index (χ0n) is 13.5. The molecule has 0 saturated heterocycles. The lowest BCUT2D eigenvalue weighted by molar-refractivity contribution is -0.140. The summed E-state index contributed by atoms with van der Waals surface area (Å²) in [6.45, 7) is 6.62. The smallest absolute Gasteiger partial charge is 0.321 e. The Morgan fingerprint density at radius 3 is 1.86 bits per heavy atom. The number of carboxylic acid groups (broad SMARTS) is 1. The van der Waals surface area contributed by atoms with Gasteiger partial charge in [-0.25, -0.2) is 0 Å². The number of aliphatic carboxylic acids is 1. The van der Waals surface area contributed by atoms with Crippen molar-refractivity contribution in [1.29, 1.82) is 0 Å². The van der Waals surface area contributed by atoms with E-state index in [9.17, 15) is 14.4 Å². The van der Waals surface area contributed by atoms with Crippen LogP contribution in [0.15, 0.2) is 0 Å². The molecule has 22 heavy (non-hydrogen) atoms. The van der Waals surface area contributed by atoms with Crippen LogP contribution in [0.5, 0.6) is 0 Å². The zero-order valence-corrected chi connectivity index (χ0v) is 13.5. The number of nitrogens with two attached hydrogens (primary N) is 3. The van der Waals surface area contributed by atoms with E-state index < -0.39 is 47.4 Å². The molecule has 9 nitrogen and oxygen atoms in total. The molecule has 0 spiro atoms. The van der Waals surface area contributed by atoms with Crippen LogP contribution in [0.2, 0.25) is 0 Å². The molecule has 0 aromatic carbocycles. The Bertz CT molecular complexity index is 411. The predicted octanol–water partition coefficient (Wildman–Crippen LogP) is -2.14. The second kappa shape index (κ2) is 7.52. The summed E-state index contributed by atoms with van der Waals surface area (Å²) in [5, 5.41) is 13.6. The summed E-state index contributed by atoms with van der Waals surface area (Å²) in [5.74, 6) is -2.38. The predicted molar refractivity (Wildman–Crippen MR) is 81.7 cm³/mol. The van der Waals surface area contributed by atoms with Gasteiger partial charge in [-0.15, -0.1) is 0 Å². The number of nitrogens with one attached hydrogen (secondary N) is 2. The van der Waals surface area contributed by atoms with E-state index in [1.54, 1.807) is 27.7 Å². The highest BCUT2D eigenvalue weighted by molar-refractivity contribution is 5.88. The average molecular weight is 317 g/mol. The second-order valence-corrected chi connectivity index (χ2v) is 6.57. The summed E-state index contributed by atoms with van der Waals surface area (Å²) in [4.78, 5) is 33.9. The average Bonchev–Trinajstić information content (AvgIpc) is 2.30. The van der Waals surface area contributed by atoms with E-state index >= 15 is 0 Å². The maximum Gasteiger partial charge on any atom is 0.321 e. The van der Waals surface area contributed by atoms with Gasteiger partial charge in [0, 0.05) is 11.1 Å². The first-order valence-electron chi connectivity index (χ1n) is 6.87. The van der Waals surface area contributed by atoms with E-state index in [2.05, 4.69) is 10.6 Å². The third-order valence-electron chi connectivity index (χ3n) is 2.96. The van der Waals surface area contributed by atoms with Crippen LogP contribution in [0.4, 0.5) is 0 Å². The lowest BCUT2D eigenvalue weighted by Crippen LogP contribution is -2.67. The van der Waals surface area contributed by atoms with Gasteiger partial charge in [-0.05, 0) is 27.7 Å². The van der Waals surface area contributed by atoms with Crippen molar-refractivity contribution < 1.29 is 19.5 Å². The molecule has 0 bridgehead atoms. The minimum atomic E-state index is -1.30. The molecular weight excluding hydrogens is 290 g/mol. The highest BCUT2D eigenvalue weighted by atomic mass is 16.4. The topological polar surface area (TPSA) is 174 Å². The highest BCUT2D eigenvalue weighted by Crippen LogP contribution is 2.16. The van der Waals surface area contributed by atoms with Crippen LogP contribution in [0, 0.1) is 0 Å². The van der Waals surface area contributed by atoms with Gasteiger partial charge < -0.3 is 32.9 Å². The Morgan fingerprint density at radius 1 is 1.05 bits per heavy atom. The van der Waals surface area contributed by atoms with Gasteiger partial charge in [0.05, 0.1) is 19.0 Å². The molecule has 0 aromatic rings. The van der Waals surface area contributed by atoms with Crippen LogP contribution in [-0.2, 0) is 14.4 Å². The Hall–Kier alpha value is -1.71. The molecule has 0 aliphatic carbocycles. The van der Waals surface area contributed by atoms with Crippen LogP contribution in [0.25, 0.3) is 0 Å². The summed E-state index contributed by atoms with van der Waals surface area (Å²) in [6, 6.07) is -1.83. The van der Waals surface area contributed by atoms with Crippen LogP contribution in [0.1, 0.15) is 34.1 Å². The number of carbonyl (C=O) groups is 3. The number of hydrogen-bond donors (Lipinski definition) is 6. The molecule has 0 rings (SSSR count). The lowest BCUT2D eigenvalue weighted by atomic mass is 9.82. The van der Waals surface area contributed by atoms with Crippen molar-refractivity contribution in [3.8, 4) is 0 Å². The van der Waals surface area contributed by atoms with Crippen LogP contribution >= 0.6 is 0 Å². The van der Waals surface area contributed by atoms with Crippen molar-refractivity contribution >= 4 is 17.8 Å². The first kappa shape index (κ1) is 20.3. The van der Waals surface area contributed by atoms with Gasteiger partial charge in [-0.1, -0.05) is 0 Å². The molecule has 128 valence electrons. The van der Waals surface area contributed by atoms with Gasteiger partial charge in [0.25, 0.3) is 0 Å². The number of carbonyl (C=O) groups excluding carboxylic acids is 2. The molecule has 2 amide bonds. The second-order valence-electron chi connectivity index (χ2n) is 6.57. The third kappa shape index (κ3) is 7.34. The molecule has 0 aliphatic heterocycles. The molecule has 0 fully saturated rings. The minimum Gasteiger partial charge on any atom is -0.480 e. The summed E-state index contributed by atoms with van der Waals surface area (Å²) in [7, 11) is 0. The van der Waals surface area contributed by atoms with Crippen molar-refractivity contribution in [1.82, 2.24) is 10.6 Å². The molecule has 0 saturated carbocycles. The van der Waals surface area contributed by atoms with Crippen LogP contribution in [-0.4, -0.2) is 52.6 Å². The summed E-state index contributed by atoms with van der Waals surface area (Å²) in [6.07, 6.45) is -0.406. The van der Waals surface area contributed by atoms with Crippen LogP contribution in [0.3, 0.4) is 0 Å². The first-order chi connectivity index (χ1) is 9.75. The largest absolute Gasteiger partial charge is 0.480 e. The van der Waals surface area contributed by atoms with Gasteiger partial charge >= 0.3 is 5.97 Å². The molecule has 0 heterocycles. The molecule has 1 atom stereocenters. The van der Waals surface area contributed by atoms with Gasteiger partial charge in [-0.3, -0.25) is 14.4 Å². The third-order valence-corrected chi connectivity index (χ3v) is 2.96. The molecule has 0 aromatic heterocycles. The normalized spacial score (nSPS) is 13.6. The van der Waals surface area contributed by atoms with Gasteiger partial charge in [0.2, 0.25) is 11.8 Å². The zero-order chi connectivity index (χ0) is 17.7. The van der Waals surface area contributed by atoms with Crippen LogP contribution < -0.4 is 27.8 Å². The van der Waals surface area contributed by atoms with E-state index in [0.717, 1.165) is 0 Å². The molecule has 1 unspecified atom stereocenters. The van der Waals surface area contributed by atoms with Crippen molar-refractivity contribution in [2.45, 2.75) is 57.3 Å². The van der Waals surface area contributed by atoms with E-state index in [1.807, 2.05) is 0 Å². The van der Waals surface area contributed by atoms with E-state index in [1.165, 1.54) is 0 Å². The lowest BCUT2D eigenvalue weighted by Gasteiger charge is -2.40. The van der Waals surface area contributed by atoms with Gasteiger partial charge in [0.1, 0.15) is 6.04 Å². The highest BCUT2D eigenvalue weighted by Gasteiger charge is 2.37. The fourth-order valence-corrected chi connectivity index (χ4v) is 2.08. The maximum atomic E-state index is 11.9. The van der Waals surface area contributed by atoms with Gasteiger partial charge in [-0.2, -0.15) is 0 Å². The quantitative estimate of drug-likeness (QED) is 0.296. The summed E-state index contributed by atoms with van der Waals surface area (Å²) in [5.41, 5.74) is 15.7. The fourth-order valence-electron chi connectivity index (χ4n) is 2.08. The Balaban J connectivity index is 4.50. The van der Waals surface area contributed by atoms with E-state index in [4.69, 9.17) is 22.3 Å². The number of amides is 2. The van der Waals surface area contributed by atoms with Crippen molar-refractivity contribution in [2.24, 2.45) is 17.2 Å². The molecule has 0 radical (unpaired) electrons. The number of carboxylic acids is 1. The number of hydrogen-bond acceptors (Lipinski definition) is 6. The Morgan fingerprint density at radius 2 is 1.50 bits per heavy atom. The molecule has 9 heteroatoms. The monoisotopic (exact) mass is 317 g/mol. The molecule has 9 N–H and O–H groups in total. The SMILES string of the molecule is CC(C)(N)C(NC(=O)CNC(=O)CC(N)C(=O)O)C(C)(C)N. The molecule has 0 aliphatic rings. The van der Waals surface area contributed by atoms with Crippen molar-refractivity contribution in [3.63, 3.8) is 0 Å². The van der Waals surface area contributed by atoms with E-state index in [-0.39, 0.29) is 6.54 Å². The van der Waals surface area contributed by atoms with E-state index in [0.29, 0.717) is 0 Å². The van der Waals surface area contributed by atoms with Gasteiger partial charge in [0.15, 0.2) is 0 Å². The minimum absolute atomic E-state index is 0.312. The van der Waals surface area contributed by atoms with Crippen molar-refractivity contribution in [3.05, 3.63) is 0 Å². The Kier molecular flexibility index (Phi) is 6.94. The maximum absolute atomic E-state index is 11.9. The first-order valence-corrected chi connectivity index (χ1v) is 6.87. The Labute approximate surface area is 130 Å². The standard InChI is InChI=1S/C13H27N5O4/c1-12(2,15)11(13(3,4)16)18-9(20)6-17-8(19)5-7(14)10(21)22/h7,11H,5-6,14-16H2,1-4H3,(H,17,19)(H,18,20)(H,21,22). The fraction of sp³-hybridized carbons (Fsp3) is 0.769. The number of rotatable bonds is 8. The van der Waals surface area contributed by atoms with Crippen molar-refractivity contribution in [2.75, 3.05) is 6.54 Å². The summed E-state index contributed by atoms with van der Waals surface area (Å²) >= 11 is 0. The molecular formula is C13H27N5O4.